The highest BCUT2D eigenvalue weighted by molar-refractivity contribution is 6.30. The number of nitrogens with one attached hydrogen (secondary N) is 2. The van der Waals surface area contributed by atoms with E-state index in [9.17, 15) is 18.4 Å². The molecular formula is C18H15ClF2N2O3. The molecule has 0 spiro atoms. The number of ether oxygens (including phenoxy) is 1. The van der Waals surface area contributed by atoms with Crippen LogP contribution in [0.15, 0.2) is 36.4 Å². The van der Waals surface area contributed by atoms with Gasteiger partial charge in [-0.3, -0.25) is 9.59 Å². The van der Waals surface area contributed by atoms with Gasteiger partial charge in [-0.25, -0.2) is 8.78 Å². The van der Waals surface area contributed by atoms with Gasteiger partial charge in [0.1, 0.15) is 5.75 Å². The van der Waals surface area contributed by atoms with Gasteiger partial charge in [0.05, 0.1) is 5.56 Å². The summed E-state index contributed by atoms with van der Waals surface area (Å²) in [5.41, 5.74) is 0.0584. The first kappa shape index (κ1) is 18.1. The lowest BCUT2D eigenvalue weighted by Gasteiger charge is -2.23. The molecule has 1 aliphatic rings. The van der Waals surface area contributed by atoms with Crippen molar-refractivity contribution in [3.8, 4) is 11.5 Å². The Morgan fingerprint density at radius 2 is 1.96 bits per heavy atom. The molecule has 2 aromatic rings. The van der Waals surface area contributed by atoms with Gasteiger partial charge in [0.25, 0.3) is 5.91 Å². The standard InChI is InChI=1S/C18H15ClF2N2O3/c19-10-4-5-12(18(25)23-11-6-7-22-16(24)9-11)15(8-10)26-17-13(20)2-1-3-14(17)21/h1-5,8,11H,6-7,9H2,(H,22,24)(H,23,25). The third-order valence-electron chi connectivity index (χ3n) is 3.90. The summed E-state index contributed by atoms with van der Waals surface area (Å²) in [6.07, 6.45) is 0.751. The van der Waals surface area contributed by atoms with Crippen LogP contribution in [0.4, 0.5) is 8.78 Å². The van der Waals surface area contributed by atoms with E-state index < -0.39 is 23.3 Å². The van der Waals surface area contributed by atoms with Crippen LogP contribution in [0.3, 0.4) is 0 Å². The van der Waals surface area contributed by atoms with Crippen molar-refractivity contribution in [1.29, 1.82) is 0 Å². The van der Waals surface area contributed by atoms with Gasteiger partial charge in [-0.15, -0.1) is 0 Å². The van der Waals surface area contributed by atoms with E-state index in [0.29, 0.717) is 13.0 Å². The number of piperidine rings is 1. The Balaban J connectivity index is 1.86. The molecule has 1 aliphatic heterocycles. The van der Waals surface area contributed by atoms with Gasteiger partial charge in [0.15, 0.2) is 17.4 Å². The molecule has 3 rings (SSSR count). The second-order valence-electron chi connectivity index (χ2n) is 5.81. The van der Waals surface area contributed by atoms with Crippen molar-refractivity contribution in [2.45, 2.75) is 18.9 Å². The first-order valence-electron chi connectivity index (χ1n) is 7.93. The van der Waals surface area contributed by atoms with Gasteiger partial charge in [-0.2, -0.15) is 0 Å². The van der Waals surface area contributed by atoms with Crippen molar-refractivity contribution in [2.75, 3.05) is 6.54 Å². The quantitative estimate of drug-likeness (QED) is 0.854. The fourth-order valence-electron chi connectivity index (χ4n) is 2.63. The molecule has 26 heavy (non-hydrogen) atoms. The van der Waals surface area contributed by atoms with Crippen LogP contribution in [-0.2, 0) is 4.79 Å². The minimum Gasteiger partial charge on any atom is -0.450 e. The van der Waals surface area contributed by atoms with Crippen LogP contribution < -0.4 is 15.4 Å². The van der Waals surface area contributed by atoms with E-state index in [0.717, 1.165) is 12.1 Å². The molecule has 0 aliphatic carbocycles. The molecule has 0 saturated carbocycles. The fourth-order valence-corrected chi connectivity index (χ4v) is 2.79. The molecule has 5 nitrogen and oxygen atoms in total. The largest absolute Gasteiger partial charge is 0.450 e. The first-order valence-corrected chi connectivity index (χ1v) is 8.31. The molecule has 1 unspecified atom stereocenters. The second-order valence-corrected chi connectivity index (χ2v) is 6.24. The molecule has 2 N–H and O–H groups in total. The van der Waals surface area contributed by atoms with Crippen LogP contribution in [0.5, 0.6) is 11.5 Å². The van der Waals surface area contributed by atoms with Crippen molar-refractivity contribution in [2.24, 2.45) is 0 Å². The Hall–Kier alpha value is -2.67. The third-order valence-corrected chi connectivity index (χ3v) is 4.14. The normalized spacial score (nSPS) is 16.7. The molecular weight excluding hydrogens is 366 g/mol. The smallest absolute Gasteiger partial charge is 0.255 e. The maximum atomic E-state index is 13.8. The average Bonchev–Trinajstić information content (AvgIpc) is 2.58. The summed E-state index contributed by atoms with van der Waals surface area (Å²) < 4.78 is 33.0. The maximum absolute atomic E-state index is 13.8. The highest BCUT2D eigenvalue weighted by Gasteiger charge is 2.23. The number of carbonyl (C=O) groups excluding carboxylic acids is 2. The fraction of sp³-hybridized carbons (Fsp3) is 0.222. The van der Waals surface area contributed by atoms with Crippen molar-refractivity contribution >= 4 is 23.4 Å². The number of hydrogen-bond donors (Lipinski definition) is 2. The molecule has 8 heteroatoms. The minimum atomic E-state index is -0.903. The predicted octanol–water partition coefficient (Wildman–Crippen LogP) is 3.42. The highest BCUT2D eigenvalue weighted by Crippen LogP contribution is 2.32. The number of benzene rings is 2. The van der Waals surface area contributed by atoms with Crippen molar-refractivity contribution in [3.05, 3.63) is 58.6 Å². The first-order chi connectivity index (χ1) is 12.4. The van der Waals surface area contributed by atoms with Crippen LogP contribution in [0.1, 0.15) is 23.2 Å². The Bertz CT molecular complexity index is 840. The van der Waals surface area contributed by atoms with Gasteiger partial charge in [-0.05, 0) is 30.7 Å². The number of halogens is 3. The molecule has 0 aromatic heterocycles. The molecule has 2 amide bonds. The highest BCUT2D eigenvalue weighted by atomic mass is 35.5. The van der Waals surface area contributed by atoms with E-state index >= 15 is 0 Å². The zero-order valence-corrected chi connectivity index (χ0v) is 14.3. The SMILES string of the molecule is O=C1CC(NC(=O)c2ccc(Cl)cc2Oc2c(F)cccc2F)CCN1. The van der Waals surface area contributed by atoms with Gasteiger partial charge >= 0.3 is 0 Å². The van der Waals surface area contributed by atoms with Crippen molar-refractivity contribution in [3.63, 3.8) is 0 Å². The van der Waals surface area contributed by atoms with Gasteiger partial charge in [0.2, 0.25) is 5.91 Å². The van der Waals surface area contributed by atoms with E-state index in [1.165, 1.54) is 24.3 Å². The van der Waals surface area contributed by atoms with Crippen molar-refractivity contribution in [1.82, 2.24) is 10.6 Å². The molecule has 1 atom stereocenters. The molecule has 0 bridgehead atoms. The Morgan fingerprint density at radius 1 is 1.23 bits per heavy atom. The van der Waals surface area contributed by atoms with Gasteiger partial charge < -0.3 is 15.4 Å². The monoisotopic (exact) mass is 380 g/mol. The zero-order chi connectivity index (χ0) is 18.7. The van der Waals surface area contributed by atoms with E-state index in [-0.39, 0.29) is 34.7 Å². The Morgan fingerprint density at radius 3 is 2.65 bits per heavy atom. The maximum Gasteiger partial charge on any atom is 0.255 e. The van der Waals surface area contributed by atoms with Crippen LogP contribution in [-0.4, -0.2) is 24.4 Å². The predicted molar refractivity (Wildman–Crippen MR) is 91.4 cm³/mol. The number of para-hydroxylation sites is 1. The summed E-state index contributed by atoms with van der Waals surface area (Å²) in [7, 11) is 0. The molecule has 1 heterocycles. The Kier molecular flexibility index (Phi) is 5.37. The summed E-state index contributed by atoms with van der Waals surface area (Å²) in [6.45, 7) is 0.466. The number of carbonyl (C=O) groups is 2. The van der Waals surface area contributed by atoms with Gasteiger partial charge in [0, 0.05) is 30.1 Å². The topological polar surface area (TPSA) is 67.4 Å². The molecule has 0 radical (unpaired) electrons. The van der Waals surface area contributed by atoms with E-state index in [4.69, 9.17) is 16.3 Å². The number of hydrogen-bond acceptors (Lipinski definition) is 3. The molecule has 136 valence electrons. The Labute approximate surface area is 153 Å². The molecule has 1 saturated heterocycles. The van der Waals surface area contributed by atoms with Gasteiger partial charge in [-0.1, -0.05) is 17.7 Å². The van der Waals surface area contributed by atoms with E-state index in [2.05, 4.69) is 10.6 Å². The summed E-state index contributed by atoms with van der Waals surface area (Å²) in [6, 6.07) is 7.13. The zero-order valence-electron chi connectivity index (χ0n) is 13.5. The lowest BCUT2D eigenvalue weighted by atomic mass is 10.1. The average molecular weight is 381 g/mol. The summed E-state index contributed by atoms with van der Waals surface area (Å²) >= 11 is 5.93. The van der Waals surface area contributed by atoms with Crippen LogP contribution in [0, 0.1) is 11.6 Å². The van der Waals surface area contributed by atoms with Crippen LogP contribution in [0.25, 0.3) is 0 Å². The van der Waals surface area contributed by atoms with Crippen molar-refractivity contribution < 1.29 is 23.1 Å². The molecule has 2 aromatic carbocycles. The lowest BCUT2D eigenvalue weighted by molar-refractivity contribution is -0.122. The van der Waals surface area contributed by atoms with E-state index in [1.807, 2.05) is 0 Å². The summed E-state index contributed by atoms with van der Waals surface area (Å²) in [5, 5.41) is 5.64. The van der Waals surface area contributed by atoms with Crippen LogP contribution in [0.2, 0.25) is 5.02 Å². The van der Waals surface area contributed by atoms with E-state index in [1.54, 1.807) is 0 Å². The second kappa shape index (κ2) is 7.70. The molecule has 1 fully saturated rings. The number of amides is 2. The van der Waals surface area contributed by atoms with Crippen LogP contribution >= 0.6 is 11.6 Å². The summed E-state index contributed by atoms with van der Waals surface area (Å²) in [4.78, 5) is 24.0. The lowest BCUT2D eigenvalue weighted by Crippen LogP contribution is -2.45. The summed E-state index contributed by atoms with van der Waals surface area (Å²) in [5.74, 6) is -3.18. The third kappa shape index (κ3) is 4.11. The number of rotatable bonds is 4. The minimum absolute atomic E-state index is 0.0584.